The van der Waals surface area contributed by atoms with E-state index in [1.54, 1.807) is 0 Å². The molecule has 1 fully saturated rings. The van der Waals surface area contributed by atoms with Gasteiger partial charge in [0.05, 0.1) is 20.8 Å². The van der Waals surface area contributed by atoms with Crippen LogP contribution in [-0.4, -0.2) is 44.0 Å². The van der Waals surface area contributed by atoms with E-state index in [0.29, 0.717) is 23.9 Å². The summed E-state index contributed by atoms with van der Waals surface area (Å²) in [5.41, 5.74) is 1.18. The Bertz CT molecular complexity index is 786. The van der Waals surface area contributed by atoms with Crippen molar-refractivity contribution in [2.45, 2.75) is 19.0 Å². The molecule has 27 heavy (non-hydrogen) atoms. The van der Waals surface area contributed by atoms with Gasteiger partial charge in [-0.1, -0.05) is 30.3 Å². The number of rotatable bonds is 6. The maximum atomic E-state index is 13.4. The number of halogens is 2. The summed E-state index contributed by atoms with van der Waals surface area (Å²) in [5, 5.41) is 0. The molecule has 1 aliphatic heterocycles. The van der Waals surface area contributed by atoms with Crippen LogP contribution in [0.3, 0.4) is 0 Å². The highest BCUT2D eigenvalue weighted by Gasteiger charge is 2.40. The molecule has 1 aliphatic rings. The van der Waals surface area contributed by atoms with Gasteiger partial charge in [-0.15, -0.1) is 0 Å². The lowest BCUT2D eigenvalue weighted by atomic mass is 10.1. The van der Waals surface area contributed by atoms with Crippen LogP contribution < -0.4 is 14.2 Å². The number of nitrogens with zero attached hydrogens (tertiary/aromatic N) is 1. The van der Waals surface area contributed by atoms with Crippen LogP contribution in [0.15, 0.2) is 42.5 Å². The normalized spacial score (nSPS) is 15.5. The van der Waals surface area contributed by atoms with Gasteiger partial charge in [0.1, 0.15) is 6.61 Å². The van der Waals surface area contributed by atoms with Crippen LogP contribution in [-0.2, 0) is 6.61 Å². The van der Waals surface area contributed by atoms with Gasteiger partial charge in [0, 0.05) is 18.5 Å². The first-order valence-corrected chi connectivity index (χ1v) is 8.53. The van der Waals surface area contributed by atoms with Gasteiger partial charge in [-0.05, 0) is 17.7 Å². The molecule has 2 aromatic rings. The molecule has 3 rings (SSSR count). The number of hydrogen-bond acceptors (Lipinski definition) is 4. The lowest BCUT2D eigenvalue weighted by Crippen LogP contribution is -2.31. The number of carbonyl (C=O) groups excluding carboxylic acids is 1. The van der Waals surface area contributed by atoms with E-state index in [2.05, 4.69) is 0 Å². The number of carbonyl (C=O) groups is 1. The van der Waals surface area contributed by atoms with Crippen molar-refractivity contribution in [3.63, 3.8) is 0 Å². The minimum atomic E-state index is -2.84. The molecule has 7 heteroatoms. The maximum absolute atomic E-state index is 13.4. The topological polar surface area (TPSA) is 48.0 Å². The Morgan fingerprint density at radius 1 is 1.11 bits per heavy atom. The van der Waals surface area contributed by atoms with E-state index in [4.69, 9.17) is 14.2 Å². The first-order chi connectivity index (χ1) is 12.9. The molecule has 0 aliphatic carbocycles. The number of likely N-dealkylation sites (tertiary alicyclic amines) is 1. The molecule has 0 radical (unpaired) electrons. The van der Waals surface area contributed by atoms with Gasteiger partial charge in [0.25, 0.3) is 11.8 Å². The number of alkyl halides is 2. The van der Waals surface area contributed by atoms with Crippen molar-refractivity contribution in [3.05, 3.63) is 53.6 Å². The van der Waals surface area contributed by atoms with Crippen molar-refractivity contribution in [1.82, 2.24) is 4.90 Å². The van der Waals surface area contributed by atoms with Gasteiger partial charge < -0.3 is 19.1 Å². The minimum absolute atomic E-state index is 0.0166. The predicted octanol–water partition coefficient (Wildman–Crippen LogP) is 3.76. The average molecular weight is 377 g/mol. The van der Waals surface area contributed by atoms with Crippen molar-refractivity contribution >= 4 is 5.91 Å². The summed E-state index contributed by atoms with van der Waals surface area (Å²) in [6, 6.07) is 12.5. The van der Waals surface area contributed by atoms with Gasteiger partial charge in [0.15, 0.2) is 11.5 Å². The molecule has 1 saturated heterocycles. The molecular weight excluding hydrogens is 356 g/mol. The molecule has 0 spiro atoms. The summed E-state index contributed by atoms with van der Waals surface area (Å²) in [5.74, 6) is -2.37. The second kappa shape index (κ2) is 7.82. The summed E-state index contributed by atoms with van der Waals surface area (Å²) in [6.45, 7) is -0.273. The van der Waals surface area contributed by atoms with Crippen LogP contribution in [0.25, 0.3) is 0 Å². The molecule has 2 aromatic carbocycles. The standard InChI is InChI=1S/C20H21F2NO4/c1-25-16-10-15(19(24)23-9-8-20(21,22)13-23)11-17(26-2)18(16)27-12-14-6-4-3-5-7-14/h3-7,10-11H,8-9,12-13H2,1-2H3. The van der Waals surface area contributed by atoms with E-state index in [1.165, 1.54) is 26.4 Å². The van der Waals surface area contributed by atoms with Gasteiger partial charge in [-0.3, -0.25) is 4.79 Å². The third kappa shape index (κ3) is 4.30. The van der Waals surface area contributed by atoms with Crippen molar-refractivity contribution in [2.24, 2.45) is 0 Å². The maximum Gasteiger partial charge on any atom is 0.267 e. The Hall–Kier alpha value is -2.83. The van der Waals surface area contributed by atoms with Gasteiger partial charge in [0.2, 0.25) is 5.75 Å². The van der Waals surface area contributed by atoms with Crippen LogP contribution in [0.4, 0.5) is 8.78 Å². The molecule has 144 valence electrons. The van der Waals surface area contributed by atoms with Crippen LogP contribution in [0.1, 0.15) is 22.3 Å². The molecule has 1 heterocycles. The van der Waals surface area contributed by atoms with E-state index < -0.39 is 18.4 Å². The Kier molecular flexibility index (Phi) is 5.48. The molecule has 5 nitrogen and oxygen atoms in total. The third-order valence-corrected chi connectivity index (χ3v) is 4.39. The molecule has 0 unspecified atom stereocenters. The summed E-state index contributed by atoms with van der Waals surface area (Å²) < 4.78 is 43.4. The number of amides is 1. The fourth-order valence-electron chi connectivity index (χ4n) is 2.97. The molecule has 0 N–H and O–H groups in total. The quantitative estimate of drug-likeness (QED) is 0.769. The Labute approximate surface area is 156 Å². The van der Waals surface area contributed by atoms with Crippen LogP contribution in [0.2, 0.25) is 0 Å². The predicted molar refractivity (Wildman–Crippen MR) is 95.8 cm³/mol. The largest absolute Gasteiger partial charge is 0.493 e. The summed E-state index contributed by atoms with van der Waals surface area (Å²) in [7, 11) is 2.89. The highest BCUT2D eigenvalue weighted by Crippen LogP contribution is 2.40. The number of methoxy groups -OCH3 is 2. The van der Waals surface area contributed by atoms with E-state index >= 15 is 0 Å². The van der Waals surface area contributed by atoms with E-state index in [-0.39, 0.29) is 18.5 Å². The van der Waals surface area contributed by atoms with E-state index in [0.717, 1.165) is 10.5 Å². The fourth-order valence-corrected chi connectivity index (χ4v) is 2.97. The zero-order chi connectivity index (χ0) is 19.4. The lowest BCUT2D eigenvalue weighted by Gasteiger charge is -2.19. The minimum Gasteiger partial charge on any atom is -0.493 e. The molecule has 1 amide bonds. The molecule has 0 atom stereocenters. The fraction of sp³-hybridized carbons (Fsp3) is 0.350. The number of benzene rings is 2. The third-order valence-electron chi connectivity index (χ3n) is 4.39. The van der Waals surface area contributed by atoms with Crippen LogP contribution >= 0.6 is 0 Å². The van der Waals surface area contributed by atoms with Gasteiger partial charge in [-0.2, -0.15) is 0 Å². The monoisotopic (exact) mass is 377 g/mol. The van der Waals surface area contributed by atoms with Crippen molar-refractivity contribution in [3.8, 4) is 17.2 Å². The highest BCUT2D eigenvalue weighted by molar-refractivity contribution is 5.96. The first-order valence-electron chi connectivity index (χ1n) is 8.53. The summed E-state index contributed by atoms with van der Waals surface area (Å²) in [6.07, 6.45) is -0.328. The van der Waals surface area contributed by atoms with Crippen molar-refractivity contribution in [2.75, 3.05) is 27.3 Å². The van der Waals surface area contributed by atoms with Crippen molar-refractivity contribution in [1.29, 1.82) is 0 Å². The Morgan fingerprint density at radius 2 is 1.74 bits per heavy atom. The Morgan fingerprint density at radius 3 is 2.26 bits per heavy atom. The van der Waals surface area contributed by atoms with Crippen LogP contribution in [0.5, 0.6) is 17.2 Å². The van der Waals surface area contributed by atoms with Crippen LogP contribution in [0, 0.1) is 0 Å². The second-order valence-electron chi connectivity index (χ2n) is 6.32. The van der Waals surface area contributed by atoms with E-state index in [1.807, 2.05) is 30.3 Å². The molecule has 0 bridgehead atoms. The highest BCUT2D eigenvalue weighted by atomic mass is 19.3. The SMILES string of the molecule is COc1cc(C(=O)N2CCC(F)(F)C2)cc(OC)c1OCc1ccccc1. The zero-order valence-electron chi connectivity index (χ0n) is 15.2. The van der Waals surface area contributed by atoms with E-state index in [9.17, 15) is 13.6 Å². The lowest BCUT2D eigenvalue weighted by molar-refractivity contribution is 0.0120. The molecule has 0 aromatic heterocycles. The first kappa shape index (κ1) is 18.9. The average Bonchev–Trinajstić information content (AvgIpc) is 3.05. The zero-order valence-corrected chi connectivity index (χ0v) is 15.2. The summed E-state index contributed by atoms with van der Waals surface area (Å²) >= 11 is 0. The molecular formula is C20H21F2NO4. The number of ether oxygens (including phenoxy) is 3. The van der Waals surface area contributed by atoms with Gasteiger partial charge >= 0.3 is 0 Å². The molecule has 0 saturated carbocycles. The van der Waals surface area contributed by atoms with Gasteiger partial charge in [-0.25, -0.2) is 8.78 Å². The summed E-state index contributed by atoms with van der Waals surface area (Å²) in [4.78, 5) is 13.7. The number of hydrogen-bond donors (Lipinski definition) is 0. The van der Waals surface area contributed by atoms with Crippen molar-refractivity contribution < 1.29 is 27.8 Å². The smallest absolute Gasteiger partial charge is 0.267 e. The second-order valence-corrected chi connectivity index (χ2v) is 6.32. The Balaban J connectivity index is 1.84.